The van der Waals surface area contributed by atoms with Crippen molar-refractivity contribution in [3.05, 3.63) is 37.6 Å². The molecule has 1 aliphatic rings. The molecule has 0 spiro atoms. The van der Waals surface area contributed by atoms with Gasteiger partial charge in [0.25, 0.3) is 5.56 Å². The van der Waals surface area contributed by atoms with Crippen molar-refractivity contribution in [1.29, 1.82) is 0 Å². The number of H-pyrrole nitrogens is 1. The average Bonchev–Trinajstić information content (AvgIpc) is 2.74. The van der Waals surface area contributed by atoms with Gasteiger partial charge >= 0.3 is 5.69 Å². The Labute approximate surface area is 117 Å². The third-order valence-electron chi connectivity index (χ3n) is 3.06. The third-order valence-corrected chi connectivity index (χ3v) is 3.33. The van der Waals surface area contributed by atoms with Crippen LogP contribution in [0.3, 0.4) is 0 Å². The van der Waals surface area contributed by atoms with Crippen LogP contribution in [0.5, 0.6) is 0 Å². The predicted octanol–water partition coefficient (Wildman–Crippen LogP) is -0.524. The number of nitrogens with one attached hydrogen (secondary N) is 1. The van der Waals surface area contributed by atoms with Gasteiger partial charge < -0.3 is 16.2 Å². The highest BCUT2D eigenvalue weighted by Crippen LogP contribution is 2.25. The lowest BCUT2D eigenvalue weighted by Gasteiger charge is -2.15. The van der Waals surface area contributed by atoms with Crippen LogP contribution in [0.15, 0.2) is 20.8 Å². The van der Waals surface area contributed by atoms with Gasteiger partial charge in [0.15, 0.2) is 0 Å². The quantitative estimate of drug-likeness (QED) is 0.689. The minimum atomic E-state index is -0.522. The fourth-order valence-corrected chi connectivity index (χ4v) is 2.34. The molecule has 104 valence electrons. The highest BCUT2D eigenvalue weighted by molar-refractivity contribution is 9.11. The van der Waals surface area contributed by atoms with E-state index in [0.717, 1.165) is 0 Å². The second-order valence-corrected chi connectivity index (χ2v) is 4.84. The van der Waals surface area contributed by atoms with Crippen LogP contribution in [0.1, 0.15) is 18.2 Å². The maximum Gasteiger partial charge on any atom is 0.330 e. The molecule has 1 unspecified atom stereocenters. The van der Waals surface area contributed by atoms with Gasteiger partial charge in [0.05, 0.1) is 11.7 Å². The van der Waals surface area contributed by atoms with Gasteiger partial charge in [0.1, 0.15) is 6.23 Å². The summed E-state index contributed by atoms with van der Waals surface area (Å²) in [6, 6.07) is -0.219. The number of aromatic nitrogens is 2. The van der Waals surface area contributed by atoms with Gasteiger partial charge in [-0.25, -0.2) is 4.79 Å². The molecule has 19 heavy (non-hydrogen) atoms. The van der Waals surface area contributed by atoms with Crippen LogP contribution in [0.4, 0.5) is 0 Å². The van der Waals surface area contributed by atoms with Crippen molar-refractivity contribution in [2.24, 2.45) is 11.5 Å². The lowest BCUT2D eigenvalue weighted by atomic mass is 10.1. The first-order chi connectivity index (χ1) is 9.06. The van der Waals surface area contributed by atoms with E-state index in [9.17, 15) is 9.59 Å². The van der Waals surface area contributed by atoms with Crippen LogP contribution in [0.2, 0.25) is 0 Å². The average molecular weight is 331 g/mol. The van der Waals surface area contributed by atoms with E-state index in [1.54, 1.807) is 6.08 Å². The molecule has 7 nitrogen and oxygen atoms in total. The predicted molar refractivity (Wildman–Crippen MR) is 74.8 cm³/mol. The Morgan fingerprint density at radius 3 is 2.89 bits per heavy atom. The second-order valence-electron chi connectivity index (χ2n) is 4.31. The van der Waals surface area contributed by atoms with Crippen LogP contribution >= 0.6 is 15.9 Å². The molecular formula is C11H15BrN4O3. The zero-order chi connectivity index (χ0) is 14.0. The smallest absolute Gasteiger partial charge is 0.330 e. The minimum Gasteiger partial charge on any atom is -0.352 e. The van der Waals surface area contributed by atoms with Crippen LogP contribution < -0.4 is 22.7 Å². The van der Waals surface area contributed by atoms with Crippen molar-refractivity contribution in [1.82, 2.24) is 9.55 Å². The molecular weight excluding hydrogens is 316 g/mol. The molecule has 1 aromatic rings. The number of hydrogen-bond donors (Lipinski definition) is 3. The largest absolute Gasteiger partial charge is 0.352 e. The Morgan fingerprint density at radius 2 is 2.32 bits per heavy atom. The lowest BCUT2D eigenvalue weighted by Crippen LogP contribution is -2.36. The maximum absolute atomic E-state index is 11.8. The van der Waals surface area contributed by atoms with Crippen molar-refractivity contribution in [3.63, 3.8) is 0 Å². The Kier molecular flexibility index (Phi) is 4.35. The Bertz CT molecular complexity index is 594. The molecule has 0 aromatic carbocycles. The first kappa shape index (κ1) is 14.2. The van der Waals surface area contributed by atoms with E-state index in [1.807, 2.05) is 0 Å². The summed E-state index contributed by atoms with van der Waals surface area (Å²) < 4.78 is 6.95. The molecule has 3 atom stereocenters. The number of aromatic amines is 1. The van der Waals surface area contributed by atoms with Gasteiger partial charge in [-0.3, -0.25) is 14.3 Å². The number of ether oxygens (including phenoxy) is 1. The summed E-state index contributed by atoms with van der Waals surface area (Å²) in [5.74, 6) is 0. The van der Waals surface area contributed by atoms with Crippen LogP contribution in [0.25, 0.3) is 6.08 Å². The Morgan fingerprint density at radius 1 is 1.58 bits per heavy atom. The zero-order valence-electron chi connectivity index (χ0n) is 10.1. The molecule has 0 saturated carbocycles. The van der Waals surface area contributed by atoms with Crippen LogP contribution in [-0.4, -0.2) is 28.2 Å². The normalized spacial score (nSPS) is 27.2. The van der Waals surface area contributed by atoms with Crippen LogP contribution in [-0.2, 0) is 4.74 Å². The van der Waals surface area contributed by atoms with E-state index >= 15 is 0 Å². The third kappa shape index (κ3) is 2.86. The second kappa shape index (κ2) is 5.83. The van der Waals surface area contributed by atoms with Crippen LogP contribution in [0, 0.1) is 0 Å². The highest BCUT2D eigenvalue weighted by Gasteiger charge is 2.33. The number of hydrogen-bond acceptors (Lipinski definition) is 5. The van der Waals surface area contributed by atoms with Gasteiger partial charge in [-0.2, -0.15) is 0 Å². The van der Waals surface area contributed by atoms with Gasteiger partial charge in [-0.1, -0.05) is 15.9 Å². The van der Waals surface area contributed by atoms with Crippen molar-refractivity contribution in [3.8, 4) is 0 Å². The molecule has 2 rings (SSSR count). The summed E-state index contributed by atoms with van der Waals surface area (Å²) in [5, 5.41) is 0. The fraction of sp³-hybridized carbons (Fsp3) is 0.455. The number of nitrogens with zero attached hydrogens (tertiary/aromatic N) is 1. The molecule has 0 aliphatic carbocycles. The molecule has 8 heteroatoms. The number of rotatable bonds is 3. The minimum absolute atomic E-state index is 0.219. The molecule has 2 heterocycles. The maximum atomic E-state index is 11.8. The summed E-state index contributed by atoms with van der Waals surface area (Å²) in [6.45, 7) is 0.296. The first-order valence-electron chi connectivity index (χ1n) is 5.80. The van der Waals surface area contributed by atoms with Gasteiger partial charge in [-0.15, -0.1) is 0 Å². The van der Waals surface area contributed by atoms with E-state index in [1.165, 1.54) is 15.7 Å². The van der Waals surface area contributed by atoms with Gasteiger partial charge in [0.2, 0.25) is 0 Å². The van der Waals surface area contributed by atoms with Crippen molar-refractivity contribution < 1.29 is 4.74 Å². The number of nitrogens with two attached hydrogens (primary N) is 2. The topological polar surface area (TPSA) is 116 Å². The molecule has 1 fully saturated rings. The summed E-state index contributed by atoms with van der Waals surface area (Å²) >= 11 is 3.09. The first-order valence-corrected chi connectivity index (χ1v) is 6.71. The molecule has 5 N–H and O–H groups in total. The van der Waals surface area contributed by atoms with E-state index in [0.29, 0.717) is 18.5 Å². The molecule has 1 aliphatic heterocycles. The Balaban J connectivity index is 2.38. The monoisotopic (exact) mass is 330 g/mol. The molecule has 0 radical (unpaired) electrons. The van der Waals surface area contributed by atoms with Gasteiger partial charge in [-0.05, 0) is 11.1 Å². The van der Waals surface area contributed by atoms with E-state index in [-0.39, 0.29) is 12.1 Å². The van der Waals surface area contributed by atoms with Crippen molar-refractivity contribution >= 4 is 22.0 Å². The lowest BCUT2D eigenvalue weighted by molar-refractivity contribution is 0.00163. The molecule has 1 aromatic heterocycles. The fourth-order valence-electron chi connectivity index (χ4n) is 2.05. The van der Waals surface area contributed by atoms with E-state index < -0.39 is 17.5 Å². The Hall–Kier alpha value is -1.22. The van der Waals surface area contributed by atoms with Gasteiger partial charge in [0, 0.05) is 25.2 Å². The summed E-state index contributed by atoms with van der Waals surface area (Å²) in [7, 11) is 0. The summed E-state index contributed by atoms with van der Waals surface area (Å²) in [6.07, 6.45) is 2.69. The highest BCUT2D eigenvalue weighted by atomic mass is 79.9. The number of halogens is 1. The van der Waals surface area contributed by atoms with E-state index in [2.05, 4.69) is 20.9 Å². The SMILES string of the molecule is NC[C@H]1O[C@@H](n2cc(/C=C/Br)c(=O)[nH]c2=O)CC1N. The van der Waals surface area contributed by atoms with Crippen molar-refractivity contribution in [2.75, 3.05) is 6.54 Å². The van der Waals surface area contributed by atoms with Crippen molar-refractivity contribution in [2.45, 2.75) is 24.8 Å². The standard InChI is InChI=1S/C11H15BrN4O3/c12-2-1-6-5-16(11(18)15-10(6)17)9-3-7(14)8(4-13)19-9/h1-2,5,7-9H,3-4,13-14H2,(H,15,17,18)/b2-1+/t7?,8-,9-/m1/s1. The molecule has 0 amide bonds. The molecule has 0 bridgehead atoms. The zero-order valence-corrected chi connectivity index (χ0v) is 11.7. The molecule has 1 saturated heterocycles. The summed E-state index contributed by atoms with van der Waals surface area (Å²) in [5.41, 5.74) is 10.8. The van der Waals surface area contributed by atoms with E-state index in [4.69, 9.17) is 16.2 Å². The summed E-state index contributed by atoms with van der Waals surface area (Å²) in [4.78, 5) is 27.1.